The van der Waals surface area contributed by atoms with Gasteiger partial charge in [0.15, 0.2) is 17.4 Å². The van der Waals surface area contributed by atoms with Crippen LogP contribution >= 0.6 is 0 Å². The highest BCUT2D eigenvalue weighted by molar-refractivity contribution is 5.93. The number of ether oxygens (including phenoxy) is 1. The van der Waals surface area contributed by atoms with Crippen molar-refractivity contribution < 1.29 is 32.6 Å². The van der Waals surface area contributed by atoms with Gasteiger partial charge in [-0.1, -0.05) is 6.07 Å². The summed E-state index contributed by atoms with van der Waals surface area (Å²) in [5, 5.41) is 11.5. The van der Waals surface area contributed by atoms with Crippen molar-refractivity contribution in [3.8, 4) is 0 Å². The lowest BCUT2D eigenvalue weighted by Crippen LogP contribution is -2.36. The van der Waals surface area contributed by atoms with Crippen LogP contribution in [0.5, 0.6) is 0 Å². The fourth-order valence-electron chi connectivity index (χ4n) is 2.57. The van der Waals surface area contributed by atoms with E-state index in [1.807, 2.05) is 0 Å². The molecule has 0 aliphatic carbocycles. The largest absolute Gasteiger partial charge is 0.475 e. The summed E-state index contributed by atoms with van der Waals surface area (Å²) in [5.41, 5.74) is 0.405. The van der Waals surface area contributed by atoms with Gasteiger partial charge >= 0.3 is 5.97 Å². The Labute approximate surface area is 135 Å². The highest BCUT2D eigenvalue weighted by atomic mass is 19.2. The molecule has 0 radical (unpaired) electrons. The zero-order valence-electron chi connectivity index (χ0n) is 12.3. The van der Waals surface area contributed by atoms with E-state index in [2.05, 4.69) is 5.32 Å². The number of furan rings is 1. The van der Waals surface area contributed by atoms with Gasteiger partial charge in [0, 0.05) is 6.61 Å². The number of carboxylic acids is 1. The monoisotopic (exact) mass is 337 g/mol. The molecule has 1 aromatic carbocycles. The molecule has 6 nitrogen and oxygen atoms in total. The van der Waals surface area contributed by atoms with Gasteiger partial charge in [0.05, 0.1) is 6.04 Å². The first kappa shape index (κ1) is 16.1. The van der Waals surface area contributed by atoms with Gasteiger partial charge in [-0.2, -0.15) is 0 Å². The molecule has 1 aliphatic heterocycles. The van der Waals surface area contributed by atoms with Crippen LogP contribution in [0.1, 0.15) is 39.2 Å². The SMILES string of the molecule is O=C(O)c1ccc(C(=O)NC2CCOC2c2ccc(F)c(F)c2)o1. The van der Waals surface area contributed by atoms with E-state index in [0.717, 1.165) is 12.1 Å². The average molecular weight is 337 g/mol. The molecule has 2 atom stereocenters. The number of halogens is 2. The maximum absolute atomic E-state index is 13.4. The third-order valence-electron chi connectivity index (χ3n) is 3.72. The summed E-state index contributed by atoms with van der Waals surface area (Å²) in [7, 11) is 0. The maximum atomic E-state index is 13.4. The van der Waals surface area contributed by atoms with Crippen LogP contribution in [-0.2, 0) is 4.74 Å². The molecule has 3 rings (SSSR count). The molecule has 1 amide bonds. The number of carboxylic acid groups (broad SMARTS) is 1. The topological polar surface area (TPSA) is 88.8 Å². The third-order valence-corrected chi connectivity index (χ3v) is 3.72. The Bertz CT molecular complexity index is 789. The molecular weight excluding hydrogens is 324 g/mol. The molecule has 0 saturated carbocycles. The molecule has 24 heavy (non-hydrogen) atoms. The zero-order valence-corrected chi connectivity index (χ0v) is 12.3. The summed E-state index contributed by atoms with van der Waals surface area (Å²) >= 11 is 0. The molecule has 2 N–H and O–H groups in total. The highest BCUT2D eigenvalue weighted by Gasteiger charge is 2.32. The zero-order chi connectivity index (χ0) is 17.3. The quantitative estimate of drug-likeness (QED) is 0.895. The number of amides is 1. The third kappa shape index (κ3) is 3.13. The first-order chi connectivity index (χ1) is 11.5. The van der Waals surface area contributed by atoms with Crippen LogP contribution in [0.2, 0.25) is 0 Å². The maximum Gasteiger partial charge on any atom is 0.371 e. The fraction of sp³-hybridized carbons (Fsp3) is 0.250. The van der Waals surface area contributed by atoms with Crippen LogP contribution in [0.3, 0.4) is 0 Å². The van der Waals surface area contributed by atoms with Gasteiger partial charge in [-0.25, -0.2) is 13.6 Å². The molecule has 1 saturated heterocycles. The van der Waals surface area contributed by atoms with Gasteiger partial charge in [0.2, 0.25) is 5.76 Å². The first-order valence-electron chi connectivity index (χ1n) is 7.16. The van der Waals surface area contributed by atoms with Crippen molar-refractivity contribution in [3.63, 3.8) is 0 Å². The van der Waals surface area contributed by atoms with Crippen molar-refractivity contribution in [2.75, 3.05) is 6.61 Å². The summed E-state index contributed by atoms with van der Waals surface area (Å²) in [6.45, 7) is 0.340. The van der Waals surface area contributed by atoms with Crippen LogP contribution in [0, 0.1) is 11.6 Å². The predicted molar refractivity (Wildman–Crippen MR) is 76.6 cm³/mol. The Morgan fingerprint density at radius 1 is 1.12 bits per heavy atom. The molecule has 8 heteroatoms. The van der Waals surface area contributed by atoms with Crippen molar-refractivity contribution >= 4 is 11.9 Å². The molecule has 0 spiro atoms. The minimum atomic E-state index is -1.28. The van der Waals surface area contributed by atoms with Crippen LogP contribution in [0.25, 0.3) is 0 Å². The number of aromatic carboxylic acids is 1. The van der Waals surface area contributed by atoms with Gasteiger partial charge in [-0.3, -0.25) is 4.79 Å². The van der Waals surface area contributed by atoms with Gasteiger partial charge in [0.1, 0.15) is 6.10 Å². The highest BCUT2D eigenvalue weighted by Crippen LogP contribution is 2.30. The van der Waals surface area contributed by atoms with E-state index < -0.39 is 35.7 Å². The van der Waals surface area contributed by atoms with Crippen molar-refractivity contribution in [1.29, 1.82) is 0 Å². The number of benzene rings is 1. The Balaban J connectivity index is 1.74. The molecule has 2 heterocycles. The summed E-state index contributed by atoms with van der Waals surface area (Å²) in [6, 6.07) is 5.37. The molecule has 1 aromatic heterocycles. The lowest BCUT2D eigenvalue weighted by atomic mass is 10.0. The number of hydrogen-bond acceptors (Lipinski definition) is 4. The molecule has 126 valence electrons. The van der Waals surface area contributed by atoms with E-state index in [9.17, 15) is 18.4 Å². The second-order valence-electron chi connectivity index (χ2n) is 5.30. The van der Waals surface area contributed by atoms with Crippen molar-refractivity contribution in [2.45, 2.75) is 18.6 Å². The summed E-state index contributed by atoms with van der Waals surface area (Å²) in [4.78, 5) is 22.9. The van der Waals surface area contributed by atoms with Gasteiger partial charge < -0.3 is 19.6 Å². The fourth-order valence-corrected chi connectivity index (χ4v) is 2.57. The van der Waals surface area contributed by atoms with Crippen molar-refractivity contribution in [2.24, 2.45) is 0 Å². The van der Waals surface area contributed by atoms with Crippen LogP contribution in [-0.4, -0.2) is 29.6 Å². The second kappa shape index (κ2) is 6.40. The molecule has 1 fully saturated rings. The van der Waals surface area contributed by atoms with E-state index in [1.165, 1.54) is 18.2 Å². The Morgan fingerprint density at radius 3 is 2.54 bits per heavy atom. The van der Waals surface area contributed by atoms with Crippen LogP contribution in [0.4, 0.5) is 8.78 Å². The predicted octanol–water partition coefficient (Wildman–Crippen LogP) is 2.52. The van der Waals surface area contributed by atoms with E-state index in [0.29, 0.717) is 18.6 Å². The Kier molecular flexibility index (Phi) is 4.30. The standard InChI is InChI=1S/C16H13F2NO5/c17-9-2-1-8(7-10(9)18)14-11(5-6-23-14)19-15(20)12-3-4-13(24-12)16(21)22/h1-4,7,11,14H,5-6H2,(H,19,20)(H,21,22). The Hall–Kier alpha value is -2.74. The molecular formula is C16H13F2NO5. The lowest BCUT2D eigenvalue weighted by molar-refractivity contribution is 0.0657. The van der Waals surface area contributed by atoms with Gasteiger partial charge in [-0.15, -0.1) is 0 Å². The van der Waals surface area contributed by atoms with E-state index in [-0.39, 0.29) is 11.5 Å². The van der Waals surface area contributed by atoms with E-state index in [1.54, 1.807) is 0 Å². The normalized spacial score (nSPS) is 20.1. The minimum absolute atomic E-state index is 0.150. The van der Waals surface area contributed by atoms with Crippen LogP contribution < -0.4 is 5.32 Å². The second-order valence-corrected chi connectivity index (χ2v) is 5.30. The average Bonchev–Trinajstić information content (AvgIpc) is 3.19. The van der Waals surface area contributed by atoms with Crippen molar-refractivity contribution in [1.82, 2.24) is 5.32 Å². The molecule has 2 unspecified atom stereocenters. The first-order valence-corrected chi connectivity index (χ1v) is 7.16. The smallest absolute Gasteiger partial charge is 0.371 e. The van der Waals surface area contributed by atoms with Crippen LogP contribution in [0.15, 0.2) is 34.7 Å². The van der Waals surface area contributed by atoms with Gasteiger partial charge in [-0.05, 0) is 36.2 Å². The minimum Gasteiger partial charge on any atom is -0.475 e. The number of carbonyl (C=O) groups excluding carboxylic acids is 1. The number of rotatable bonds is 4. The van der Waals surface area contributed by atoms with Crippen molar-refractivity contribution in [3.05, 3.63) is 59.1 Å². The number of hydrogen-bond donors (Lipinski definition) is 2. The number of nitrogens with one attached hydrogen (secondary N) is 1. The number of carbonyl (C=O) groups is 2. The van der Waals surface area contributed by atoms with Gasteiger partial charge in [0.25, 0.3) is 5.91 Å². The molecule has 0 bridgehead atoms. The molecule has 2 aromatic rings. The Morgan fingerprint density at radius 2 is 1.88 bits per heavy atom. The van der Waals surface area contributed by atoms with E-state index >= 15 is 0 Å². The summed E-state index contributed by atoms with van der Waals surface area (Å²) in [5.74, 6) is -4.34. The molecule has 1 aliphatic rings. The lowest BCUT2D eigenvalue weighted by Gasteiger charge is -2.19. The summed E-state index contributed by atoms with van der Waals surface area (Å²) in [6.07, 6.45) is -0.153. The van der Waals surface area contributed by atoms with E-state index in [4.69, 9.17) is 14.3 Å². The summed E-state index contributed by atoms with van der Waals surface area (Å²) < 4.78 is 36.8.